The maximum Gasteiger partial charge on any atom is 0.0468 e. The molecule has 1 aliphatic carbocycles. The molecule has 0 saturated carbocycles. The van der Waals surface area contributed by atoms with Gasteiger partial charge in [-0.15, -0.1) is 0 Å². The van der Waals surface area contributed by atoms with Crippen molar-refractivity contribution >= 4 is 27.8 Å². The van der Waals surface area contributed by atoms with Crippen LogP contribution >= 0.6 is 0 Å². The molecule has 0 aliphatic heterocycles. The first kappa shape index (κ1) is 26.2. The molecule has 0 amide bonds. The van der Waals surface area contributed by atoms with Crippen LogP contribution in [0.15, 0.2) is 164 Å². The zero-order valence-corrected chi connectivity index (χ0v) is 25.0. The fourth-order valence-electron chi connectivity index (χ4n) is 7.08. The molecule has 0 spiro atoms. The number of hydrogen-bond donors (Lipinski definition) is 0. The zero-order chi connectivity index (χ0) is 29.7. The largest absolute Gasteiger partial charge is 0.310 e. The second-order valence-corrected chi connectivity index (χ2v) is 12.2. The van der Waals surface area contributed by atoms with Crippen molar-refractivity contribution in [1.82, 2.24) is 0 Å². The van der Waals surface area contributed by atoms with Crippen molar-refractivity contribution < 1.29 is 0 Å². The Bertz CT molecular complexity index is 2120. The van der Waals surface area contributed by atoms with Crippen LogP contribution in [0.1, 0.15) is 25.0 Å². The molecule has 44 heavy (non-hydrogen) atoms. The second-order valence-electron chi connectivity index (χ2n) is 12.2. The average molecular weight is 564 g/mol. The zero-order valence-electron chi connectivity index (χ0n) is 25.0. The third kappa shape index (κ3) is 4.24. The van der Waals surface area contributed by atoms with E-state index < -0.39 is 0 Å². The molecule has 0 fully saturated rings. The highest BCUT2D eigenvalue weighted by atomic mass is 15.1. The third-order valence-corrected chi connectivity index (χ3v) is 9.27. The number of fused-ring (bicyclic) bond motifs is 4. The SMILES string of the molecule is CC1(C)c2ccc(N(c3ccccc3)c3ccc(-c4cccc5ccccc45)cc3)cc2-c2c(-c3ccccc3)cccc21. The third-order valence-electron chi connectivity index (χ3n) is 9.27. The van der Waals surface area contributed by atoms with Crippen LogP contribution in [-0.2, 0) is 5.41 Å². The first-order valence-corrected chi connectivity index (χ1v) is 15.4. The van der Waals surface area contributed by atoms with E-state index in [1.165, 1.54) is 55.3 Å². The molecule has 7 aromatic carbocycles. The molecule has 0 N–H and O–H groups in total. The van der Waals surface area contributed by atoms with E-state index in [0.717, 1.165) is 17.1 Å². The molecule has 1 aliphatic rings. The minimum absolute atomic E-state index is 0.0777. The lowest BCUT2D eigenvalue weighted by Crippen LogP contribution is -2.15. The maximum atomic E-state index is 2.40. The van der Waals surface area contributed by atoms with Crippen molar-refractivity contribution in [3.05, 3.63) is 175 Å². The highest BCUT2D eigenvalue weighted by Gasteiger charge is 2.37. The van der Waals surface area contributed by atoms with E-state index in [2.05, 4.69) is 183 Å². The fraction of sp³-hybridized carbons (Fsp3) is 0.0698. The Kier molecular flexibility index (Phi) is 6.20. The number of rotatable bonds is 5. The van der Waals surface area contributed by atoms with Gasteiger partial charge in [0.05, 0.1) is 0 Å². The lowest BCUT2D eigenvalue weighted by molar-refractivity contribution is 0.660. The Morgan fingerprint density at radius 2 is 1.00 bits per heavy atom. The molecule has 0 radical (unpaired) electrons. The summed E-state index contributed by atoms with van der Waals surface area (Å²) in [5.74, 6) is 0. The molecule has 1 heteroatoms. The summed E-state index contributed by atoms with van der Waals surface area (Å²) in [4.78, 5) is 2.38. The van der Waals surface area contributed by atoms with Crippen LogP contribution in [0.2, 0.25) is 0 Å². The van der Waals surface area contributed by atoms with Gasteiger partial charge in [-0.05, 0) is 91.7 Å². The predicted octanol–water partition coefficient (Wildman–Crippen LogP) is 11.9. The molecule has 0 aromatic heterocycles. The Labute approximate surface area is 259 Å². The van der Waals surface area contributed by atoms with Crippen LogP contribution in [0, 0.1) is 0 Å². The molecule has 0 atom stereocenters. The monoisotopic (exact) mass is 563 g/mol. The van der Waals surface area contributed by atoms with E-state index in [0.29, 0.717) is 0 Å². The summed E-state index contributed by atoms with van der Waals surface area (Å²) in [7, 11) is 0. The summed E-state index contributed by atoms with van der Waals surface area (Å²) in [5.41, 5.74) is 13.8. The molecule has 0 heterocycles. The van der Waals surface area contributed by atoms with Crippen molar-refractivity contribution in [2.45, 2.75) is 19.3 Å². The van der Waals surface area contributed by atoms with E-state index in [1.54, 1.807) is 0 Å². The van der Waals surface area contributed by atoms with Gasteiger partial charge in [0.2, 0.25) is 0 Å². The summed E-state index contributed by atoms with van der Waals surface area (Å²) in [6, 6.07) is 59.5. The van der Waals surface area contributed by atoms with Gasteiger partial charge in [-0.25, -0.2) is 0 Å². The van der Waals surface area contributed by atoms with Gasteiger partial charge in [-0.2, -0.15) is 0 Å². The van der Waals surface area contributed by atoms with Gasteiger partial charge < -0.3 is 4.90 Å². The Morgan fingerprint density at radius 1 is 0.409 bits per heavy atom. The van der Waals surface area contributed by atoms with Gasteiger partial charge in [-0.3, -0.25) is 0 Å². The molecule has 7 aromatic rings. The second kappa shape index (κ2) is 10.4. The average Bonchev–Trinajstić information content (AvgIpc) is 3.32. The van der Waals surface area contributed by atoms with Gasteiger partial charge in [0.1, 0.15) is 0 Å². The molecule has 0 unspecified atom stereocenters. The quantitative estimate of drug-likeness (QED) is 0.201. The lowest BCUT2D eigenvalue weighted by atomic mass is 9.82. The Balaban J connectivity index is 1.28. The summed E-state index contributed by atoms with van der Waals surface area (Å²) in [6.07, 6.45) is 0. The van der Waals surface area contributed by atoms with Crippen LogP contribution in [-0.4, -0.2) is 0 Å². The number of anilines is 3. The topological polar surface area (TPSA) is 3.24 Å². The minimum Gasteiger partial charge on any atom is -0.310 e. The minimum atomic E-state index is -0.0777. The van der Waals surface area contributed by atoms with Crippen molar-refractivity contribution in [2.24, 2.45) is 0 Å². The van der Waals surface area contributed by atoms with Gasteiger partial charge >= 0.3 is 0 Å². The van der Waals surface area contributed by atoms with Crippen LogP contribution in [0.5, 0.6) is 0 Å². The van der Waals surface area contributed by atoms with Crippen LogP contribution in [0.3, 0.4) is 0 Å². The van der Waals surface area contributed by atoms with Crippen LogP contribution in [0.25, 0.3) is 44.2 Å². The Morgan fingerprint density at radius 3 is 1.80 bits per heavy atom. The molecule has 210 valence electrons. The summed E-state index contributed by atoms with van der Waals surface area (Å²) >= 11 is 0. The lowest BCUT2D eigenvalue weighted by Gasteiger charge is -2.27. The summed E-state index contributed by atoms with van der Waals surface area (Å²) < 4.78 is 0. The first-order valence-electron chi connectivity index (χ1n) is 15.4. The van der Waals surface area contributed by atoms with Gasteiger partial charge in [0.25, 0.3) is 0 Å². The number of nitrogens with zero attached hydrogens (tertiary/aromatic N) is 1. The van der Waals surface area contributed by atoms with Crippen molar-refractivity contribution in [3.8, 4) is 33.4 Å². The molecular weight excluding hydrogens is 530 g/mol. The molecular formula is C43H33N. The van der Waals surface area contributed by atoms with Crippen LogP contribution < -0.4 is 4.90 Å². The van der Waals surface area contributed by atoms with E-state index in [9.17, 15) is 0 Å². The van der Waals surface area contributed by atoms with E-state index in [4.69, 9.17) is 0 Å². The maximum absolute atomic E-state index is 2.40. The number of benzene rings is 7. The van der Waals surface area contributed by atoms with Crippen molar-refractivity contribution in [3.63, 3.8) is 0 Å². The van der Waals surface area contributed by atoms with Gasteiger partial charge in [0, 0.05) is 22.5 Å². The smallest absolute Gasteiger partial charge is 0.0468 e. The molecule has 8 rings (SSSR count). The number of hydrogen-bond acceptors (Lipinski definition) is 1. The normalized spacial score (nSPS) is 13.0. The predicted molar refractivity (Wildman–Crippen MR) is 187 cm³/mol. The summed E-state index contributed by atoms with van der Waals surface area (Å²) in [6.45, 7) is 4.71. The summed E-state index contributed by atoms with van der Waals surface area (Å²) in [5, 5.41) is 2.54. The fourth-order valence-corrected chi connectivity index (χ4v) is 7.08. The van der Waals surface area contributed by atoms with Crippen LogP contribution in [0.4, 0.5) is 17.1 Å². The standard InChI is InChI=1S/C43H33N/c1-43(2)40-28-27-35(29-39(40)42-38(21-12-22-41(42)43)31-13-5-3-6-14-31)44(33-17-7-4-8-18-33)34-25-23-32(24-26-34)37-20-11-16-30-15-9-10-19-36(30)37/h3-29H,1-2H3. The van der Waals surface area contributed by atoms with Crippen molar-refractivity contribution in [2.75, 3.05) is 4.90 Å². The van der Waals surface area contributed by atoms with E-state index in [1.807, 2.05) is 0 Å². The molecule has 0 saturated heterocycles. The highest BCUT2D eigenvalue weighted by molar-refractivity contribution is 5.97. The molecule has 0 bridgehead atoms. The van der Waals surface area contributed by atoms with Gasteiger partial charge in [-0.1, -0.05) is 141 Å². The van der Waals surface area contributed by atoms with E-state index >= 15 is 0 Å². The highest BCUT2D eigenvalue weighted by Crippen LogP contribution is 2.53. The Hall–Kier alpha value is -5.40. The first-order chi connectivity index (χ1) is 21.6. The molecule has 1 nitrogen and oxygen atoms in total. The number of para-hydroxylation sites is 1. The van der Waals surface area contributed by atoms with E-state index in [-0.39, 0.29) is 5.41 Å². The van der Waals surface area contributed by atoms with Gasteiger partial charge in [0.15, 0.2) is 0 Å². The van der Waals surface area contributed by atoms with Crippen molar-refractivity contribution in [1.29, 1.82) is 0 Å².